The van der Waals surface area contributed by atoms with Gasteiger partial charge in [-0.05, 0) is 24.3 Å². The molecule has 0 amide bonds. The lowest BCUT2D eigenvalue weighted by Crippen LogP contribution is -2.10. The highest BCUT2D eigenvalue weighted by atomic mass is 79.9. The highest BCUT2D eigenvalue weighted by Gasteiger charge is 2.17. The number of alkyl halides is 3. The van der Waals surface area contributed by atoms with Gasteiger partial charge < -0.3 is 0 Å². The number of rotatable bonds is 4. The Labute approximate surface area is 122 Å². The van der Waals surface area contributed by atoms with Crippen molar-refractivity contribution in [2.24, 2.45) is 5.92 Å². The molecule has 1 fully saturated rings. The van der Waals surface area contributed by atoms with Gasteiger partial charge in [0.1, 0.15) is 0 Å². The van der Waals surface area contributed by atoms with Gasteiger partial charge in [-0.3, -0.25) is 0 Å². The van der Waals surface area contributed by atoms with E-state index in [-0.39, 0.29) is 5.56 Å². The lowest BCUT2D eigenvalue weighted by Gasteiger charge is -2.23. The summed E-state index contributed by atoms with van der Waals surface area (Å²) in [5, 5.41) is 0.869. The zero-order chi connectivity index (χ0) is 13.7. The Morgan fingerprint density at radius 1 is 1.16 bits per heavy atom. The van der Waals surface area contributed by atoms with E-state index in [4.69, 9.17) is 0 Å². The fourth-order valence-electron chi connectivity index (χ4n) is 2.69. The van der Waals surface area contributed by atoms with Crippen molar-refractivity contribution in [3.8, 4) is 0 Å². The molecule has 104 valence electrons. The molecule has 0 bridgehead atoms. The van der Waals surface area contributed by atoms with Crippen LogP contribution in [0, 0.1) is 5.92 Å². The molecule has 1 aliphatic carbocycles. The van der Waals surface area contributed by atoms with Gasteiger partial charge in [0.2, 0.25) is 0 Å². The first-order valence-corrected chi connectivity index (χ1v) is 7.97. The smallest absolute Gasteiger partial charge is 0.205 e. The summed E-state index contributed by atoms with van der Waals surface area (Å²) >= 11 is 3.56. The third-order valence-electron chi connectivity index (χ3n) is 3.82. The number of halogens is 3. The minimum Gasteiger partial charge on any atom is -0.205 e. The van der Waals surface area contributed by atoms with Gasteiger partial charge >= 0.3 is 0 Å². The van der Waals surface area contributed by atoms with Crippen LogP contribution in [0.4, 0.5) is 8.78 Å². The molecule has 3 heteroatoms. The largest absolute Gasteiger partial charge is 0.263 e. The summed E-state index contributed by atoms with van der Waals surface area (Å²) in [6.07, 6.45) is 6.24. The van der Waals surface area contributed by atoms with Gasteiger partial charge in [0, 0.05) is 10.9 Å². The number of allylic oxidation sites excluding steroid dienone is 1. The Hall–Kier alpha value is -0.700. The van der Waals surface area contributed by atoms with E-state index < -0.39 is 6.43 Å². The summed E-state index contributed by atoms with van der Waals surface area (Å²) in [5.41, 5.74) is 2.50. The van der Waals surface area contributed by atoms with Crippen molar-refractivity contribution in [2.45, 2.75) is 38.5 Å². The molecule has 1 aromatic carbocycles. The predicted molar refractivity (Wildman–Crippen MR) is 79.7 cm³/mol. The number of hydrogen-bond donors (Lipinski definition) is 0. The summed E-state index contributed by atoms with van der Waals surface area (Å²) in [6.45, 7) is 0. The maximum Gasteiger partial charge on any atom is 0.263 e. The van der Waals surface area contributed by atoms with E-state index in [0.29, 0.717) is 5.92 Å². The SMILES string of the molecule is FC(F)c1ccc(/C=C(/CBr)C2CCCCC2)cc1. The van der Waals surface area contributed by atoms with Gasteiger partial charge in [0.05, 0.1) is 0 Å². The lowest BCUT2D eigenvalue weighted by atomic mass is 9.84. The van der Waals surface area contributed by atoms with Crippen molar-refractivity contribution >= 4 is 22.0 Å². The third kappa shape index (κ3) is 4.13. The van der Waals surface area contributed by atoms with Gasteiger partial charge in [-0.2, -0.15) is 0 Å². The first kappa shape index (κ1) is 14.7. The second-order valence-corrected chi connectivity index (χ2v) is 5.72. The first-order chi connectivity index (χ1) is 9.20. The Morgan fingerprint density at radius 2 is 1.79 bits per heavy atom. The number of hydrogen-bond acceptors (Lipinski definition) is 0. The van der Waals surface area contributed by atoms with Crippen LogP contribution < -0.4 is 0 Å². The molecule has 0 radical (unpaired) electrons. The molecule has 1 aromatic rings. The van der Waals surface area contributed by atoms with Gasteiger partial charge in [0.15, 0.2) is 0 Å². The van der Waals surface area contributed by atoms with E-state index in [1.54, 1.807) is 12.1 Å². The lowest BCUT2D eigenvalue weighted by molar-refractivity contribution is 0.151. The summed E-state index contributed by atoms with van der Waals surface area (Å²) in [4.78, 5) is 0. The van der Waals surface area contributed by atoms with Crippen molar-refractivity contribution in [2.75, 3.05) is 5.33 Å². The molecule has 0 unspecified atom stereocenters. The van der Waals surface area contributed by atoms with Gasteiger partial charge in [-0.25, -0.2) is 8.78 Å². The molecule has 0 atom stereocenters. The molecule has 0 aliphatic heterocycles. The predicted octanol–water partition coefficient (Wildman–Crippen LogP) is 5.98. The zero-order valence-corrected chi connectivity index (χ0v) is 12.5. The molecule has 0 heterocycles. The Morgan fingerprint density at radius 3 is 2.32 bits per heavy atom. The van der Waals surface area contributed by atoms with Crippen LogP contribution in [0.2, 0.25) is 0 Å². The molecular formula is C16H19BrF2. The average Bonchev–Trinajstić information content (AvgIpc) is 2.46. The van der Waals surface area contributed by atoms with Crippen molar-refractivity contribution < 1.29 is 8.78 Å². The maximum atomic E-state index is 12.5. The fraction of sp³-hybridized carbons (Fsp3) is 0.500. The van der Waals surface area contributed by atoms with E-state index in [2.05, 4.69) is 22.0 Å². The van der Waals surface area contributed by atoms with Crippen molar-refractivity contribution in [3.63, 3.8) is 0 Å². The molecule has 0 nitrogen and oxygen atoms in total. The van der Waals surface area contributed by atoms with Crippen molar-refractivity contribution in [3.05, 3.63) is 41.0 Å². The highest BCUT2D eigenvalue weighted by molar-refractivity contribution is 9.09. The normalized spacial score (nSPS) is 18.0. The van der Waals surface area contributed by atoms with E-state index in [0.717, 1.165) is 10.9 Å². The molecule has 1 saturated carbocycles. The van der Waals surface area contributed by atoms with Crippen LogP contribution >= 0.6 is 15.9 Å². The Kier molecular flexibility index (Phi) is 5.56. The van der Waals surface area contributed by atoms with Crippen LogP contribution in [0.1, 0.15) is 49.7 Å². The van der Waals surface area contributed by atoms with E-state index in [1.807, 2.05) is 0 Å². The molecular weight excluding hydrogens is 310 g/mol. The van der Waals surface area contributed by atoms with E-state index in [9.17, 15) is 8.78 Å². The monoisotopic (exact) mass is 328 g/mol. The number of benzene rings is 1. The van der Waals surface area contributed by atoms with Gasteiger partial charge in [-0.1, -0.05) is 71.1 Å². The minimum absolute atomic E-state index is 0.0928. The van der Waals surface area contributed by atoms with Gasteiger partial charge in [-0.15, -0.1) is 0 Å². The van der Waals surface area contributed by atoms with Crippen LogP contribution in [-0.2, 0) is 0 Å². The van der Waals surface area contributed by atoms with E-state index >= 15 is 0 Å². The van der Waals surface area contributed by atoms with Crippen molar-refractivity contribution in [1.29, 1.82) is 0 Å². The molecule has 1 aliphatic rings. The first-order valence-electron chi connectivity index (χ1n) is 6.85. The molecule has 19 heavy (non-hydrogen) atoms. The fourth-order valence-corrected chi connectivity index (χ4v) is 3.31. The topological polar surface area (TPSA) is 0 Å². The molecule has 0 spiro atoms. The van der Waals surface area contributed by atoms with Crippen LogP contribution in [0.3, 0.4) is 0 Å². The van der Waals surface area contributed by atoms with Crippen molar-refractivity contribution in [1.82, 2.24) is 0 Å². The Balaban J connectivity index is 2.12. The highest BCUT2D eigenvalue weighted by Crippen LogP contribution is 2.32. The molecule has 0 saturated heterocycles. The van der Waals surface area contributed by atoms with Crippen LogP contribution in [0.15, 0.2) is 29.8 Å². The Bertz CT molecular complexity index is 417. The standard InChI is InChI=1S/C16H19BrF2/c17-11-15(13-4-2-1-3-5-13)10-12-6-8-14(9-7-12)16(18)19/h6-10,13,16H,1-5,11H2/b15-10-. The van der Waals surface area contributed by atoms with Crippen LogP contribution in [0.25, 0.3) is 6.08 Å². The average molecular weight is 329 g/mol. The maximum absolute atomic E-state index is 12.5. The zero-order valence-electron chi connectivity index (χ0n) is 10.9. The summed E-state index contributed by atoms with van der Waals surface area (Å²) in [5.74, 6) is 0.655. The quantitative estimate of drug-likeness (QED) is 0.596. The van der Waals surface area contributed by atoms with Gasteiger partial charge in [0.25, 0.3) is 6.43 Å². The summed E-state index contributed by atoms with van der Waals surface area (Å²) in [6, 6.07) is 6.60. The third-order valence-corrected chi connectivity index (χ3v) is 4.47. The van der Waals surface area contributed by atoms with E-state index in [1.165, 1.54) is 49.8 Å². The van der Waals surface area contributed by atoms with Crippen LogP contribution in [0.5, 0.6) is 0 Å². The second kappa shape index (κ2) is 7.18. The second-order valence-electron chi connectivity index (χ2n) is 5.16. The van der Waals surface area contributed by atoms with Crippen LogP contribution in [-0.4, -0.2) is 5.33 Å². The summed E-state index contributed by atoms with van der Waals surface area (Å²) in [7, 11) is 0. The minimum atomic E-state index is -2.38. The molecule has 2 rings (SSSR count). The molecule has 0 aromatic heterocycles. The molecule has 0 N–H and O–H groups in total. The summed E-state index contributed by atoms with van der Waals surface area (Å²) < 4.78 is 25.0.